The SMILES string of the molecule is CC(=O)OCC(=Nc1ccc(Cl)cc1)c1ccc(Br)cc1. The van der Waals surface area contributed by atoms with Crippen LogP contribution >= 0.6 is 27.5 Å². The predicted molar refractivity (Wildman–Crippen MR) is 88.4 cm³/mol. The van der Waals surface area contributed by atoms with Crippen molar-refractivity contribution in [1.29, 1.82) is 0 Å². The zero-order chi connectivity index (χ0) is 15.2. The maximum absolute atomic E-state index is 11.0. The summed E-state index contributed by atoms with van der Waals surface area (Å²) in [5, 5.41) is 0.652. The fourth-order valence-corrected chi connectivity index (χ4v) is 2.05. The van der Waals surface area contributed by atoms with E-state index in [0.29, 0.717) is 10.7 Å². The fourth-order valence-electron chi connectivity index (χ4n) is 1.66. The van der Waals surface area contributed by atoms with Crippen molar-refractivity contribution in [3.8, 4) is 0 Å². The molecule has 108 valence electrons. The van der Waals surface area contributed by atoms with Gasteiger partial charge in [-0.2, -0.15) is 0 Å². The Balaban J connectivity index is 2.32. The van der Waals surface area contributed by atoms with Crippen LogP contribution < -0.4 is 0 Å². The van der Waals surface area contributed by atoms with Crippen molar-refractivity contribution in [3.05, 3.63) is 63.6 Å². The molecule has 2 aromatic carbocycles. The summed E-state index contributed by atoms with van der Waals surface area (Å²) in [7, 11) is 0. The molecule has 0 saturated heterocycles. The highest BCUT2D eigenvalue weighted by molar-refractivity contribution is 9.10. The quantitative estimate of drug-likeness (QED) is 0.576. The Kier molecular flexibility index (Phi) is 5.53. The van der Waals surface area contributed by atoms with Crippen molar-refractivity contribution in [2.45, 2.75) is 6.92 Å². The van der Waals surface area contributed by atoms with Crippen molar-refractivity contribution < 1.29 is 9.53 Å². The van der Waals surface area contributed by atoms with Gasteiger partial charge in [-0.05, 0) is 42.0 Å². The first-order valence-corrected chi connectivity index (χ1v) is 7.44. The summed E-state index contributed by atoms with van der Waals surface area (Å²) in [6.45, 7) is 1.50. The van der Waals surface area contributed by atoms with Crippen molar-refractivity contribution in [2.75, 3.05) is 6.61 Å². The molecule has 0 amide bonds. The van der Waals surface area contributed by atoms with Crippen LogP contribution in [0.2, 0.25) is 5.02 Å². The molecule has 2 aromatic rings. The van der Waals surface area contributed by atoms with E-state index >= 15 is 0 Å². The second-order valence-corrected chi connectivity index (χ2v) is 5.67. The van der Waals surface area contributed by atoms with Gasteiger partial charge < -0.3 is 4.74 Å². The lowest BCUT2D eigenvalue weighted by Crippen LogP contribution is -2.13. The van der Waals surface area contributed by atoms with Crippen LogP contribution in [0.3, 0.4) is 0 Å². The van der Waals surface area contributed by atoms with Crippen LogP contribution in [-0.2, 0) is 9.53 Å². The third kappa shape index (κ3) is 4.99. The Hall–Kier alpha value is -1.65. The van der Waals surface area contributed by atoms with E-state index in [4.69, 9.17) is 16.3 Å². The smallest absolute Gasteiger partial charge is 0.303 e. The van der Waals surface area contributed by atoms with Crippen LogP contribution in [-0.4, -0.2) is 18.3 Å². The molecular weight excluding hydrogens is 354 g/mol. The van der Waals surface area contributed by atoms with Gasteiger partial charge in [0.05, 0.1) is 11.4 Å². The molecule has 0 bridgehead atoms. The summed E-state index contributed by atoms with van der Waals surface area (Å²) >= 11 is 9.25. The molecule has 0 saturated carbocycles. The number of ether oxygens (including phenoxy) is 1. The highest BCUT2D eigenvalue weighted by atomic mass is 79.9. The first-order chi connectivity index (χ1) is 10.0. The molecule has 0 N–H and O–H groups in total. The van der Waals surface area contributed by atoms with Crippen molar-refractivity contribution in [2.24, 2.45) is 4.99 Å². The third-order valence-corrected chi connectivity index (χ3v) is 3.46. The zero-order valence-electron chi connectivity index (χ0n) is 11.3. The van der Waals surface area contributed by atoms with Crippen molar-refractivity contribution in [1.82, 2.24) is 0 Å². The molecule has 0 spiro atoms. The molecule has 0 fully saturated rings. The average molecular weight is 367 g/mol. The van der Waals surface area contributed by atoms with Gasteiger partial charge in [0.25, 0.3) is 0 Å². The molecule has 21 heavy (non-hydrogen) atoms. The van der Waals surface area contributed by atoms with Crippen LogP contribution in [0.4, 0.5) is 5.69 Å². The van der Waals surface area contributed by atoms with Gasteiger partial charge in [-0.1, -0.05) is 39.7 Å². The van der Waals surface area contributed by atoms with Gasteiger partial charge in [-0.3, -0.25) is 4.79 Å². The molecule has 0 aliphatic carbocycles. The first-order valence-electron chi connectivity index (χ1n) is 6.27. The minimum Gasteiger partial charge on any atom is -0.459 e. The molecule has 0 heterocycles. The van der Waals surface area contributed by atoms with E-state index in [2.05, 4.69) is 20.9 Å². The van der Waals surface area contributed by atoms with Gasteiger partial charge in [0, 0.05) is 16.4 Å². The van der Waals surface area contributed by atoms with Crippen LogP contribution in [0.5, 0.6) is 0 Å². The van der Waals surface area contributed by atoms with Crippen LogP contribution in [0, 0.1) is 0 Å². The minimum atomic E-state index is -0.337. The second kappa shape index (κ2) is 7.38. The monoisotopic (exact) mass is 365 g/mol. The Morgan fingerprint density at radius 1 is 1.14 bits per heavy atom. The molecule has 0 aromatic heterocycles. The average Bonchev–Trinajstić information content (AvgIpc) is 2.46. The Morgan fingerprint density at radius 3 is 2.33 bits per heavy atom. The third-order valence-electron chi connectivity index (χ3n) is 2.68. The lowest BCUT2D eigenvalue weighted by atomic mass is 10.1. The maximum atomic E-state index is 11.0. The normalized spacial score (nSPS) is 11.3. The maximum Gasteiger partial charge on any atom is 0.303 e. The number of carbonyl (C=O) groups is 1. The zero-order valence-corrected chi connectivity index (χ0v) is 13.7. The molecular formula is C16H13BrClNO2. The van der Waals surface area contributed by atoms with Crippen LogP contribution in [0.15, 0.2) is 58.0 Å². The fraction of sp³-hybridized carbons (Fsp3) is 0.125. The number of halogens is 2. The summed E-state index contributed by atoms with van der Waals surface area (Å²) in [6.07, 6.45) is 0. The minimum absolute atomic E-state index is 0.125. The van der Waals surface area contributed by atoms with Crippen molar-refractivity contribution >= 4 is 44.9 Å². The van der Waals surface area contributed by atoms with Gasteiger partial charge in [-0.25, -0.2) is 4.99 Å². The highest BCUT2D eigenvalue weighted by Crippen LogP contribution is 2.19. The molecule has 0 radical (unpaired) electrons. The van der Waals surface area contributed by atoms with Crippen molar-refractivity contribution in [3.63, 3.8) is 0 Å². The number of carbonyl (C=O) groups excluding carboxylic acids is 1. The standard InChI is InChI=1S/C16H13BrClNO2/c1-11(20)21-10-16(12-2-4-13(17)5-3-12)19-15-8-6-14(18)7-9-15/h2-9H,10H2,1H3. The van der Waals surface area contributed by atoms with E-state index in [1.807, 2.05) is 36.4 Å². The summed E-state index contributed by atoms with van der Waals surface area (Å²) in [5.41, 5.74) is 2.33. The lowest BCUT2D eigenvalue weighted by molar-refractivity contribution is -0.139. The molecule has 3 nitrogen and oxygen atoms in total. The second-order valence-electron chi connectivity index (χ2n) is 4.32. The Bertz CT molecular complexity index is 651. The molecule has 2 rings (SSSR count). The Morgan fingerprint density at radius 2 is 1.76 bits per heavy atom. The predicted octanol–water partition coefficient (Wildman–Crippen LogP) is 4.79. The van der Waals surface area contributed by atoms with E-state index in [9.17, 15) is 4.79 Å². The van der Waals surface area contributed by atoms with Gasteiger partial charge in [0.15, 0.2) is 0 Å². The van der Waals surface area contributed by atoms with Gasteiger partial charge in [0.2, 0.25) is 0 Å². The van der Waals surface area contributed by atoms with Crippen LogP contribution in [0.25, 0.3) is 0 Å². The van der Waals surface area contributed by atoms with E-state index in [-0.39, 0.29) is 12.6 Å². The summed E-state index contributed by atoms with van der Waals surface area (Å²) < 4.78 is 6.05. The number of benzene rings is 2. The molecule has 0 aliphatic heterocycles. The number of hydrogen-bond donors (Lipinski definition) is 0. The van der Waals surface area contributed by atoms with Gasteiger partial charge in [0.1, 0.15) is 6.61 Å². The molecule has 5 heteroatoms. The first kappa shape index (κ1) is 15.7. The van der Waals surface area contributed by atoms with E-state index in [1.54, 1.807) is 12.1 Å². The largest absolute Gasteiger partial charge is 0.459 e. The van der Waals surface area contributed by atoms with Crippen LogP contribution in [0.1, 0.15) is 12.5 Å². The topological polar surface area (TPSA) is 38.7 Å². The molecule has 0 aliphatic rings. The van der Waals surface area contributed by atoms with E-state index in [0.717, 1.165) is 15.7 Å². The highest BCUT2D eigenvalue weighted by Gasteiger charge is 2.07. The van der Waals surface area contributed by atoms with E-state index in [1.165, 1.54) is 6.92 Å². The summed E-state index contributed by atoms with van der Waals surface area (Å²) in [4.78, 5) is 15.6. The number of esters is 1. The van der Waals surface area contributed by atoms with Gasteiger partial charge >= 0.3 is 5.97 Å². The summed E-state index contributed by atoms with van der Waals surface area (Å²) in [6, 6.07) is 14.8. The number of rotatable bonds is 4. The van der Waals surface area contributed by atoms with E-state index < -0.39 is 0 Å². The Labute approximate surface area is 136 Å². The number of aliphatic imine (C=N–C) groups is 1. The van der Waals surface area contributed by atoms with Gasteiger partial charge in [-0.15, -0.1) is 0 Å². The molecule has 0 atom stereocenters. The number of nitrogens with zero attached hydrogens (tertiary/aromatic N) is 1. The molecule has 0 unspecified atom stereocenters. The summed E-state index contributed by atoms with van der Waals surface area (Å²) in [5.74, 6) is -0.337. The lowest BCUT2D eigenvalue weighted by Gasteiger charge is -2.08. The number of hydrogen-bond acceptors (Lipinski definition) is 3.